The summed E-state index contributed by atoms with van der Waals surface area (Å²) < 4.78 is 0. The van der Waals surface area contributed by atoms with Gasteiger partial charge in [0.05, 0.1) is 0 Å². The predicted molar refractivity (Wildman–Crippen MR) is 87.2 cm³/mol. The van der Waals surface area contributed by atoms with Crippen LogP contribution in [0.2, 0.25) is 0 Å². The van der Waals surface area contributed by atoms with Crippen molar-refractivity contribution in [2.24, 2.45) is 11.8 Å². The van der Waals surface area contributed by atoms with Gasteiger partial charge in [0.25, 0.3) is 0 Å². The molecule has 0 spiro atoms. The van der Waals surface area contributed by atoms with Gasteiger partial charge in [-0.25, -0.2) is 0 Å². The van der Waals surface area contributed by atoms with Crippen molar-refractivity contribution >= 4 is 23.6 Å². The van der Waals surface area contributed by atoms with Crippen molar-refractivity contribution in [3.8, 4) is 0 Å². The fourth-order valence-corrected chi connectivity index (χ4v) is 3.62. The number of carbonyl (C=O) groups excluding carboxylic acids is 2. The van der Waals surface area contributed by atoms with E-state index < -0.39 is 0 Å². The molecule has 0 aromatic heterocycles. The van der Waals surface area contributed by atoms with E-state index in [1.807, 2.05) is 30.5 Å². The number of nitrogens with one attached hydrogen (secondary N) is 1. The van der Waals surface area contributed by atoms with Crippen LogP contribution in [0.25, 0.3) is 0 Å². The fourth-order valence-electron chi connectivity index (χ4n) is 3.12. The van der Waals surface area contributed by atoms with Crippen molar-refractivity contribution in [1.82, 2.24) is 10.2 Å². The first kappa shape index (κ1) is 16.7. The van der Waals surface area contributed by atoms with Crippen LogP contribution in [0.1, 0.15) is 46.0 Å². The normalized spacial score (nSPS) is 26.4. The first-order chi connectivity index (χ1) is 10.1. The van der Waals surface area contributed by atoms with Crippen LogP contribution in [0, 0.1) is 11.8 Å². The minimum absolute atomic E-state index is 0.0469. The molecule has 2 fully saturated rings. The third-order valence-corrected chi connectivity index (χ3v) is 5.12. The van der Waals surface area contributed by atoms with Crippen LogP contribution in [0.5, 0.6) is 0 Å². The van der Waals surface area contributed by atoms with Crippen molar-refractivity contribution in [2.45, 2.75) is 58.0 Å². The summed E-state index contributed by atoms with van der Waals surface area (Å²) in [4.78, 5) is 26.9. The van der Waals surface area contributed by atoms with Crippen molar-refractivity contribution in [3.05, 3.63) is 0 Å². The summed E-state index contributed by atoms with van der Waals surface area (Å²) in [7, 11) is 0. The van der Waals surface area contributed by atoms with Crippen LogP contribution in [-0.4, -0.2) is 47.4 Å². The number of thioether (sulfide) groups is 1. The third kappa shape index (κ3) is 4.15. The van der Waals surface area contributed by atoms with E-state index in [-0.39, 0.29) is 29.8 Å². The summed E-state index contributed by atoms with van der Waals surface area (Å²) in [5.74, 6) is 1.92. The largest absolute Gasteiger partial charge is 0.342 e. The van der Waals surface area contributed by atoms with E-state index in [9.17, 15) is 9.59 Å². The summed E-state index contributed by atoms with van der Waals surface area (Å²) in [5, 5.41) is 2.97. The number of hydrogen-bond donors (Lipinski definition) is 1. The van der Waals surface area contributed by atoms with Crippen molar-refractivity contribution in [3.63, 3.8) is 0 Å². The third-order valence-electron chi connectivity index (χ3n) is 4.42. The number of amides is 2. The maximum Gasteiger partial charge on any atom is 0.246 e. The number of piperazine rings is 1. The van der Waals surface area contributed by atoms with Gasteiger partial charge >= 0.3 is 0 Å². The van der Waals surface area contributed by atoms with E-state index in [1.54, 1.807) is 0 Å². The summed E-state index contributed by atoms with van der Waals surface area (Å²) in [6.45, 7) is 4.78. The van der Waals surface area contributed by atoms with Crippen molar-refractivity contribution in [2.75, 3.05) is 18.6 Å². The van der Waals surface area contributed by atoms with E-state index >= 15 is 0 Å². The predicted octanol–water partition coefficient (Wildman–Crippen LogP) is 2.28. The van der Waals surface area contributed by atoms with E-state index in [0.29, 0.717) is 5.92 Å². The second-order valence-corrected chi connectivity index (χ2v) is 7.58. The Balaban J connectivity index is 1.96. The topological polar surface area (TPSA) is 49.4 Å². The van der Waals surface area contributed by atoms with Gasteiger partial charge < -0.3 is 10.2 Å². The van der Waals surface area contributed by atoms with Crippen LogP contribution in [0.15, 0.2) is 0 Å². The molecule has 2 aliphatic rings. The molecule has 1 aliphatic carbocycles. The van der Waals surface area contributed by atoms with Gasteiger partial charge in [-0.3, -0.25) is 9.59 Å². The molecule has 120 valence electrons. The number of hydrogen-bond acceptors (Lipinski definition) is 3. The summed E-state index contributed by atoms with van der Waals surface area (Å²) in [6.07, 6.45) is 7.59. The van der Waals surface area contributed by atoms with Crippen LogP contribution in [-0.2, 0) is 9.59 Å². The molecular weight excluding hydrogens is 284 g/mol. The zero-order valence-electron chi connectivity index (χ0n) is 13.4. The molecule has 0 aromatic carbocycles. The number of nitrogens with zero attached hydrogens (tertiary/aromatic N) is 1. The monoisotopic (exact) mass is 312 g/mol. The molecule has 0 bridgehead atoms. The van der Waals surface area contributed by atoms with Gasteiger partial charge in [0.2, 0.25) is 11.8 Å². The average Bonchev–Trinajstić information content (AvgIpc) is 3.25. The standard InChI is InChI=1S/C16H28N2O2S/c1-11(2)14-15(19)17-13(12-7-8-12)16(20)18(14)9-5-4-6-10-21-3/h11-14H,4-10H2,1-3H3,(H,17,19). The highest BCUT2D eigenvalue weighted by molar-refractivity contribution is 7.98. The minimum atomic E-state index is -0.284. The highest BCUT2D eigenvalue weighted by atomic mass is 32.2. The Bertz CT molecular complexity index is 382. The van der Waals surface area contributed by atoms with E-state index in [0.717, 1.165) is 32.2 Å². The molecule has 0 aromatic rings. The lowest BCUT2D eigenvalue weighted by molar-refractivity contribution is -0.151. The number of carbonyl (C=O) groups is 2. The minimum Gasteiger partial charge on any atom is -0.342 e. The van der Waals surface area contributed by atoms with Gasteiger partial charge in [-0.2, -0.15) is 11.8 Å². The molecule has 1 saturated carbocycles. The molecular formula is C16H28N2O2S. The highest BCUT2D eigenvalue weighted by Crippen LogP contribution is 2.35. The van der Waals surface area contributed by atoms with Crippen LogP contribution >= 0.6 is 11.8 Å². The van der Waals surface area contributed by atoms with Gasteiger partial charge in [0.1, 0.15) is 12.1 Å². The Kier molecular flexibility index (Phi) is 5.97. The second kappa shape index (κ2) is 7.52. The Hall–Kier alpha value is -0.710. The molecule has 5 heteroatoms. The van der Waals surface area contributed by atoms with Gasteiger partial charge in [-0.05, 0) is 49.5 Å². The molecule has 1 saturated heterocycles. The van der Waals surface area contributed by atoms with Gasteiger partial charge in [-0.15, -0.1) is 0 Å². The lowest BCUT2D eigenvalue weighted by Crippen LogP contribution is -2.65. The van der Waals surface area contributed by atoms with Crippen molar-refractivity contribution < 1.29 is 9.59 Å². The first-order valence-corrected chi connectivity index (χ1v) is 9.55. The molecule has 1 heterocycles. The SMILES string of the molecule is CSCCCCCN1C(=O)C(C2CC2)NC(=O)C1C(C)C. The average molecular weight is 312 g/mol. The summed E-state index contributed by atoms with van der Waals surface area (Å²) >= 11 is 1.86. The van der Waals surface area contributed by atoms with Gasteiger partial charge in [0.15, 0.2) is 0 Å². The quantitative estimate of drug-likeness (QED) is 0.700. The molecule has 4 nitrogen and oxygen atoms in total. The van der Waals surface area contributed by atoms with Crippen LogP contribution in [0.4, 0.5) is 0 Å². The van der Waals surface area contributed by atoms with Gasteiger partial charge in [-0.1, -0.05) is 20.3 Å². The Morgan fingerprint density at radius 3 is 2.52 bits per heavy atom. The molecule has 0 radical (unpaired) electrons. The number of rotatable bonds is 8. The van der Waals surface area contributed by atoms with Crippen LogP contribution in [0.3, 0.4) is 0 Å². The maximum absolute atomic E-state index is 12.7. The molecule has 1 N–H and O–H groups in total. The summed E-state index contributed by atoms with van der Waals surface area (Å²) in [6, 6.07) is -0.535. The maximum atomic E-state index is 12.7. The first-order valence-electron chi connectivity index (χ1n) is 8.16. The Morgan fingerprint density at radius 2 is 1.95 bits per heavy atom. The van der Waals surface area contributed by atoms with Gasteiger partial charge in [0, 0.05) is 6.54 Å². The van der Waals surface area contributed by atoms with Crippen molar-refractivity contribution in [1.29, 1.82) is 0 Å². The summed E-state index contributed by atoms with van der Waals surface area (Å²) in [5.41, 5.74) is 0. The van der Waals surface area contributed by atoms with E-state index in [1.165, 1.54) is 12.2 Å². The molecule has 21 heavy (non-hydrogen) atoms. The Labute approximate surface area is 132 Å². The fraction of sp³-hybridized carbons (Fsp3) is 0.875. The number of unbranched alkanes of at least 4 members (excludes halogenated alkanes) is 2. The second-order valence-electron chi connectivity index (χ2n) is 6.60. The molecule has 1 aliphatic heterocycles. The lowest BCUT2D eigenvalue weighted by atomic mass is 9.95. The molecule has 2 unspecified atom stereocenters. The highest BCUT2D eigenvalue weighted by Gasteiger charge is 2.47. The zero-order chi connectivity index (χ0) is 15.4. The molecule has 2 atom stereocenters. The molecule has 2 amide bonds. The molecule has 2 rings (SSSR count). The Morgan fingerprint density at radius 1 is 1.24 bits per heavy atom. The van der Waals surface area contributed by atoms with E-state index in [4.69, 9.17) is 0 Å². The van der Waals surface area contributed by atoms with Crippen LogP contribution < -0.4 is 5.32 Å². The zero-order valence-corrected chi connectivity index (χ0v) is 14.2. The van der Waals surface area contributed by atoms with E-state index in [2.05, 4.69) is 11.6 Å². The smallest absolute Gasteiger partial charge is 0.246 e. The lowest BCUT2D eigenvalue weighted by Gasteiger charge is -2.41.